The monoisotopic (exact) mass is 199 g/mol. The minimum atomic E-state index is 0.760. The van der Waals surface area contributed by atoms with Crippen LogP contribution >= 0.6 is 11.3 Å². The van der Waals surface area contributed by atoms with E-state index in [1.165, 1.54) is 24.2 Å². The zero-order valence-electron chi connectivity index (χ0n) is 7.40. The van der Waals surface area contributed by atoms with Gasteiger partial charge in [-0.2, -0.15) is 0 Å². The molecule has 1 aromatic heterocycles. The molecular weight excluding hydrogens is 186 g/mol. The zero-order chi connectivity index (χ0) is 8.93. The molecule has 1 aliphatic rings. The summed E-state index contributed by atoms with van der Waals surface area (Å²) in [5, 5.41) is 11.6. The Balaban J connectivity index is 1.48. The maximum atomic E-state index is 5.45. The fraction of sp³-hybridized carbons (Fsp3) is 0.750. The van der Waals surface area contributed by atoms with Crippen LogP contribution in [0.5, 0.6) is 0 Å². The van der Waals surface area contributed by atoms with Gasteiger partial charge in [0.2, 0.25) is 5.13 Å². The molecule has 0 aliphatic heterocycles. The predicted molar refractivity (Wildman–Crippen MR) is 51.9 cm³/mol. The van der Waals surface area contributed by atoms with Crippen LogP contribution in [0.15, 0.2) is 5.51 Å². The third-order valence-electron chi connectivity index (χ3n) is 1.93. The van der Waals surface area contributed by atoms with E-state index >= 15 is 0 Å². The summed E-state index contributed by atoms with van der Waals surface area (Å²) in [6, 6.07) is 0. The highest BCUT2D eigenvalue weighted by atomic mass is 32.1. The normalized spacial score (nSPS) is 16.0. The van der Waals surface area contributed by atoms with E-state index in [1.54, 1.807) is 5.51 Å². The lowest BCUT2D eigenvalue weighted by Gasteiger charge is -2.02. The van der Waals surface area contributed by atoms with Crippen molar-refractivity contribution in [1.82, 2.24) is 10.2 Å². The van der Waals surface area contributed by atoms with Crippen molar-refractivity contribution < 1.29 is 4.74 Å². The first kappa shape index (κ1) is 8.90. The summed E-state index contributed by atoms with van der Waals surface area (Å²) in [6.45, 7) is 2.51. The lowest BCUT2D eigenvalue weighted by Crippen LogP contribution is -2.10. The minimum Gasteiger partial charge on any atom is -0.379 e. The minimum absolute atomic E-state index is 0.760. The Kier molecular flexibility index (Phi) is 3.10. The van der Waals surface area contributed by atoms with E-state index in [9.17, 15) is 0 Å². The van der Waals surface area contributed by atoms with Gasteiger partial charge in [-0.15, -0.1) is 10.2 Å². The number of hydrogen-bond acceptors (Lipinski definition) is 5. The van der Waals surface area contributed by atoms with Crippen molar-refractivity contribution in [2.75, 3.05) is 25.1 Å². The van der Waals surface area contributed by atoms with Gasteiger partial charge in [-0.05, 0) is 18.8 Å². The van der Waals surface area contributed by atoms with E-state index in [1.807, 2.05) is 0 Å². The second-order valence-electron chi connectivity index (χ2n) is 3.19. The molecule has 13 heavy (non-hydrogen) atoms. The van der Waals surface area contributed by atoms with Crippen LogP contribution in [0.4, 0.5) is 5.13 Å². The van der Waals surface area contributed by atoms with Gasteiger partial charge in [-0.1, -0.05) is 11.3 Å². The Labute approximate surface area is 81.3 Å². The lowest BCUT2D eigenvalue weighted by atomic mass is 10.5. The van der Waals surface area contributed by atoms with Crippen molar-refractivity contribution in [3.8, 4) is 0 Å². The molecule has 0 amide bonds. The highest BCUT2D eigenvalue weighted by molar-refractivity contribution is 7.13. The molecule has 0 radical (unpaired) electrons. The van der Waals surface area contributed by atoms with Gasteiger partial charge >= 0.3 is 0 Å². The Morgan fingerprint density at radius 3 is 3.23 bits per heavy atom. The molecule has 0 unspecified atom stereocenters. The molecule has 5 heteroatoms. The van der Waals surface area contributed by atoms with Gasteiger partial charge in [0, 0.05) is 13.2 Å². The third-order valence-corrected chi connectivity index (χ3v) is 2.58. The molecule has 0 bridgehead atoms. The molecule has 1 saturated carbocycles. The van der Waals surface area contributed by atoms with Crippen molar-refractivity contribution in [1.29, 1.82) is 0 Å². The van der Waals surface area contributed by atoms with Crippen LogP contribution in [-0.4, -0.2) is 30.0 Å². The van der Waals surface area contributed by atoms with E-state index in [2.05, 4.69) is 15.5 Å². The Morgan fingerprint density at radius 2 is 2.54 bits per heavy atom. The summed E-state index contributed by atoms with van der Waals surface area (Å²) in [7, 11) is 0. The SMILES string of the molecule is c1nnc(NCCOCC2CC2)s1. The topological polar surface area (TPSA) is 47.0 Å². The lowest BCUT2D eigenvalue weighted by molar-refractivity contribution is 0.134. The van der Waals surface area contributed by atoms with E-state index in [-0.39, 0.29) is 0 Å². The van der Waals surface area contributed by atoms with Crippen LogP contribution in [0.3, 0.4) is 0 Å². The fourth-order valence-electron chi connectivity index (χ4n) is 1.01. The summed E-state index contributed by atoms with van der Waals surface area (Å²) in [5.41, 5.74) is 1.72. The van der Waals surface area contributed by atoms with E-state index in [0.29, 0.717) is 0 Å². The van der Waals surface area contributed by atoms with Crippen LogP contribution in [0, 0.1) is 5.92 Å². The molecule has 1 aliphatic carbocycles. The maximum Gasteiger partial charge on any atom is 0.205 e. The number of rotatable bonds is 6. The van der Waals surface area contributed by atoms with Crippen molar-refractivity contribution in [2.45, 2.75) is 12.8 Å². The van der Waals surface area contributed by atoms with E-state index in [0.717, 1.165) is 30.8 Å². The summed E-state index contributed by atoms with van der Waals surface area (Å²) in [5.74, 6) is 0.849. The average Bonchev–Trinajstić information content (AvgIpc) is 2.81. The summed E-state index contributed by atoms with van der Waals surface area (Å²) >= 11 is 1.51. The molecule has 1 heterocycles. The number of hydrogen-bond donors (Lipinski definition) is 1. The second-order valence-corrected chi connectivity index (χ2v) is 4.02. The highest BCUT2D eigenvalue weighted by Gasteiger charge is 2.20. The highest BCUT2D eigenvalue weighted by Crippen LogP contribution is 2.28. The maximum absolute atomic E-state index is 5.45. The number of nitrogens with zero attached hydrogens (tertiary/aromatic N) is 2. The summed E-state index contributed by atoms with van der Waals surface area (Å²) in [6.07, 6.45) is 2.70. The first-order valence-electron chi connectivity index (χ1n) is 4.53. The van der Waals surface area contributed by atoms with Crippen LogP contribution < -0.4 is 5.32 Å². The third kappa shape index (κ3) is 3.28. The van der Waals surface area contributed by atoms with Gasteiger partial charge in [0.05, 0.1) is 6.61 Å². The number of nitrogens with one attached hydrogen (secondary N) is 1. The summed E-state index contributed by atoms with van der Waals surface area (Å²) in [4.78, 5) is 0. The Morgan fingerprint density at radius 1 is 1.62 bits per heavy atom. The van der Waals surface area contributed by atoms with Gasteiger partial charge in [0.25, 0.3) is 0 Å². The quantitative estimate of drug-likeness (QED) is 0.703. The smallest absolute Gasteiger partial charge is 0.205 e. The molecule has 72 valence electrons. The van der Waals surface area contributed by atoms with Gasteiger partial charge < -0.3 is 10.1 Å². The van der Waals surface area contributed by atoms with E-state index in [4.69, 9.17) is 4.74 Å². The molecule has 2 rings (SSSR count). The average molecular weight is 199 g/mol. The number of anilines is 1. The number of aromatic nitrogens is 2. The molecule has 0 atom stereocenters. The zero-order valence-corrected chi connectivity index (χ0v) is 8.22. The largest absolute Gasteiger partial charge is 0.379 e. The van der Waals surface area contributed by atoms with Gasteiger partial charge in [0.15, 0.2) is 0 Å². The Hall–Kier alpha value is -0.680. The van der Waals surface area contributed by atoms with Gasteiger partial charge in [0.1, 0.15) is 5.51 Å². The molecule has 1 fully saturated rings. The molecular formula is C8H13N3OS. The molecule has 0 saturated heterocycles. The van der Waals surface area contributed by atoms with Crippen LogP contribution in [0.25, 0.3) is 0 Å². The van der Waals surface area contributed by atoms with Crippen molar-refractivity contribution in [3.05, 3.63) is 5.51 Å². The first-order valence-corrected chi connectivity index (χ1v) is 5.41. The van der Waals surface area contributed by atoms with Crippen LogP contribution in [-0.2, 0) is 4.74 Å². The van der Waals surface area contributed by atoms with E-state index < -0.39 is 0 Å². The fourth-order valence-corrected chi connectivity index (χ4v) is 1.49. The van der Waals surface area contributed by atoms with Crippen molar-refractivity contribution in [2.24, 2.45) is 5.92 Å². The molecule has 4 nitrogen and oxygen atoms in total. The number of ether oxygens (including phenoxy) is 1. The molecule has 0 spiro atoms. The van der Waals surface area contributed by atoms with Crippen LogP contribution in [0.1, 0.15) is 12.8 Å². The van der Waals surface area contributed by atoms with Crippen molar-refractivity contribution >= 4 is 16.5 Å². The molecule has 1 aromatic rings. The predicted octanol–water partition coefficient (Wildman–Crippen LogP) is 1.38. The van der Waals surface area contributed by atoms with Crippen LogP contribution in [0.2, 0.25) is 0 Å². The molecule has 0 aromatic carbocycles. The Bertz CT molecular complexity index is 236. The van der Waals surface area contributed by atoms with Gasteiger partial charge in [-0.3, -0.25) is 0 Å². The standard InChI is InChI=1S/C8H13N3OS/c1-2-7(1)5-12-4-3-9-8-11-10-6-13-8/h6-7H,1-5H2,(H,9,11). The van der Waals surface area contributed by atoms with Crippen molar-refractivity contribution in [3.63, 3.8) is 0 Å². The second kappa shape index (κ2) is 4.53. The first-order chi connectivity index (χ1) is 6.45. The van der Waals surface area contributed by atoms with Gasteiger partial charge in [-0.25, -0.2) is 0 Å². The molecule has 1 N–H and O–H groups in total. The summed E-state index contributed by atoms with van der Waals surface area (Å²) < 4.78 is 5.45.